The van der Waals surface area contributed by atoms with Crippen molar-refractivity contribution in [2.45, 2.75) is 6.42 Å². The van der Waals surface area contributed by atoms with Gasteiger partial charge in [-0.2, -0.15) is 0 Å². The quantitative estimate of drug-likeness (QED) is 0.653. The maximum absolute atomic E-state index is 10.2. The first-order chi connectivity index (χ1) is 9.28. The Balaban J connectivity index is 2.02. The van der Waals surface area contributed by atoms with Gasteiger partial charge in [0.15, 0.2) is 0 Å². The van der Waals surface area contributed by atoms with Crippen molar-refractivity contribution in [2.24, 2.45) is 0 Å². The van der Waals surface area contributed by atoms with E-state index in [0.717, 1.165) is 23.3 Å². The van der Waals surface area contributed by atoms with Crippen LogP contribution < -0.4 is 10.5 Å². The van der Waals surface area contributed by atoms with Crippen LogP contribution in [0.3, 0.4) is 0 Å². The van der Waals surface area contributed by atoms with Gasteiger partial charge < -0.3 is 15.3 Å². The van der Waals surface area contributed by atoms with Crippen LogP contribution in [0, 0.1) is 0 Å². The average molecular weight is 253 g/mol. The summed E-state index contributed by atoms with van der Waals surface area (Å²) in [5.41, 5.74) is 7.35. The molecule has 0 amide bonds. The molecule has 0 radical (unpaired) electrons. The molecule has 0 saturated heterocycles. The van der Waals surface area contributed by atoms with Crippen LogP contribution in [-0.4, -0.2) is 6.29 Å². The lowest BCUT2D eigenvalue weighted by Crippen LogP contribution is -1.86. The van der Waals surface area contributed by atoms with E-state index in [1.807, 2.05) is 48.6 Å². The minimum Gasteiger partial charge on any atom is -0.457 e. The number of ether oxygens (including phenoxy) is 1. The van der Waals surface area contributed by atoms with Gasteiger partial charge >= 0.3 is 0 Å². The van der Waals surface area contributed by atoms with Crippen LogP contribution in [-0.2, 0) is 4.79 Å². The molecule has 0 fully saturated rings. The summed E-state index contributed by atoms with van der Waals surface area (Å²) in [6, 6.07) is 14.9. The Kier molecular flexibility index (Phi) is 4.34. The first-order valence-corrected chi connectivity index (χ1v) is 6.01. The molecule has 0 aromatic heterocycles. The summed E-state index contributed by atoms with van der Waals surface area (Å²) in [7, 11) is 0. The van der Waals surface area contributed by atoms with Crippen molar-refractivity contribution in [3.05, 3.63) is 60.2 Å². The molecule has 0 atom stereocenters. The molecule has 2 N–H and O–H groups in total. The molecule has 0 spiro atoms. The van der Waals surface area contributed by atoms with E-state index in [2.05, 4.69) is 0 Å². The second-order valence-corrected chi connectivity index (χ2v) is 4.04. The highest BCUT2D eigenvalue weighted by molar-refractivity contribution is 5.58. The fraction of sp³-hybridized carbons (Fsp3) is 0.0625. The van der Waals surface area contributed by atoms with Gasteiger partial charge in [-0.3, -0.25) is 0 Å². The highest BCUT2D eigenvalue weighted by Crippen LogP contribution is 2.22. The third-order valence-corrected chi connectivity index (χ3v) is 2.54. The van der Waals surface area contributed by atoms with Crippen molar-refractivity contribution in [1.29, 1.82) is 0 Å². The molecule has 3 nitrogen and oxygen atoms in total. The van der Waals surface area contributed by atoms with Gasteiger partial charge in [-0.15, -0.1) is 0 Å². The van der Waals surface area contributed by atoms with E-state index in [9.17, 15) is 4.79 Å². The van der Waals surface area contributed by atoms with Crippen molar-refractivity contribution in [1.82, 2.24) is 0 Å². The third-order valence-electron chi connectivity index (χ3n) is 2.54. The Morgan fingerprint density at radius 2 is 1.53 bits per heavy atom. The topological polar surface area (TPSA) is 52.3 Å². The molecule has 0 aliphatic rings. The summed E-state index contributed by atoms with van der Waals surface area (Å²) in [6.07, 6.45) is 5.03. The molecule has 3 heteroatoms. The predicted octanol–water partition coefficient (Wildman–Crippen LogP) is 3.66. The Morgan fingerprint density at radius 1 is 0.947 bits per heavy atom. The Morgan fingerprint density at radius 3 is 2.11 bits per heavy atom. The van der Waals surface area contributed by atoms with E-state index in [1.165, 1.54) is 0 Å². The number of allylic oxidation sites excluding steroid dienone is 1. The van der Waals surface area contributed by atoms with Gasteiger partial charge in [0.25, 0.3) is 0 Å². The largest absolute Gasteiger partial charge is 0.457 e. The second-order valence-electron chi connectivity index (χ2n) is 4.04. The number of carbonyl (C=O) groups excluding carboxylic acids is 1. The van der Waals surface area contributed by atoms with Gasteiger partial charge in [0.05, 0.1) is 0 Å². The zero-order valence-corrected chi connectivity index (χ0v) is 10.5. The highest BCUT2D eigenvalue weighted by Gasteiger charge is 1.96. The molecule has 2 aromatic rings. The van der Waals surface area contributed by atoms with Gasteiger partial charge in [0.1, 0.15) is 17.8 Å². The number of nitrogen functional groups attached to an aromatic ring is 1. The molecule has 2 aromatic carbocycles. The van der Waals surface area contributed by atoms with E-state index in [-0.39, 0.29) is 0 Å². The molecule has 2 rings (SSSR count). The monoisotopic (exact) mass is 253 g/mol. The van der Waals surface area contributed by atoms with Gasteiger partial charge in [0.2, 0.25) is 0 Å². The molecule has 0 unspecified atom stereocenters. The number of aldehydes is 1. The maximum atomic E-state index is 10.2. The Labute approximate surface area is 112 Å². The fourth-order valence-electron chi connectivity index (χ4n) is 1.58. The van der Waals surface area contributed by atoms with Crippen LogP contribution in [0.4, 0.5) is 5.69 Å². The summed E-state index contributed by atoms with van der Waals surface area (Å²) < 4.78 is 5.68. The molecule has 0 heterocycles. The van der Waals surface area contributed by atoms with Gasteiger partial charge in [-0.25, -0.2) is 0 Å². The number of hydrogen-bond donors (Lipinski definition) is 1. The zero-order chi connectivity index (χ0) is 13.5. The molecule has 0 saturated carbocycles. The van der Waals surface area contributed by atoms with Crippen LogP contribution in [0.2, 0.25) is 0 Å². The Bertz CT molecular complexity index is 556. The summed E-state index contributed by atoms with van der Waals surface area (Å²) in [4.78, 5) is 10.2. The van der Waals surface area contributed by atoms with Gasteiger partial charge in [-0.1, -0.05) is 24.3 Å². The van der Waals surface area contributed by atoms with Crippen molar-refractivity contribution < 1.29 is 9.53 Å². The van der Waals surface area contributed by atoms with Crippen LogP contribution in [0.15, 0.2) is 54.6 Å². The number of anilines is 1. The number of rotatable bonds is 5. The van der Waals surface area contributed by atoms with Gasteiger partial charge in [-0.05, 0) is 42.0 Å². The molecular formula is C16H15NO2. The lowest BCUT2D eigenvalue weighted by molar-refractivity contribution is -0.107. The first-order valence-electron chi connectivity index (χ1n) is 6.01. The molecule has 0 aliphatic heterocycles. The summed E-state index contributed by atoms with van der Waals surface area (Å²) in [5.74, 6) is 1.51. The fourth-order valence-corrected chi connectivity index (χ4v) is 1.58. The number of hydrogen-bond acceptors (Lipinski definition) is 3. The number of benzene rings is 2. The van der Waals surface area contributed by atoms with E-state index in [4.69, 9.17) is 10.5 Å². The molecular weight excluding hydrogens is 238 g/mol. The van der Waals surface area contributed by atoms with Crippen LogP contribution in [0.25, 0.3) is 6.08 Å². The second kappa shape index (κ2) is 6.40. The van der Waals surface area contributed by atoms with Gasteiger partial charge in [0, 0.05) is 12.1 Å². The average Bonchev–Trinajstić information content (AvgIpc) is 2.44. The lowest BCUT2D eigenvalue weighted by Gasteiger charge is -2.06. The zero-order valence-electron chi connectivity index (χ0n) is 10.5. The van der Waals surface area contributed by atoms with Crippen molar-refractivity contribution in [3.8, 4) is 11.5 Å². The van der Waals surface area contributed by atoms with Crippen molar-refractivity contribution in [2.75, 3.05) is 5.73 Å². The van der Waals surface area contributed by atoms with Crippen molar-refractivity contribution in [3.63, 3.8) is 0 Å². The van der Waals surface area contributed by atoms with Crippen molar-refractivity contribution >= 4 is 18.0 Å². The van der Waals surface area contributed by atoms with E-state index >= 15 is 0 Å². The normalized spacial score (nSPS) is 10.5. The van der Waals surface area contributed by atoms with E-state index in [0.29, 0.717) is 12.1 Å². The summed E-state index contributed by atoms with van der Waals surface area (Å²) in [5, 5.41) is 0. The third kappa shape index (κ3) is 4.00. The predicted molar refractivity (Wildman–Crippen MR) is 77.1 cm³/mol. The van der Waals surface area contributed by atoms with Crippen LogP contribution >= 0.6 is 0 Å². The Hall–Kier alpha value is -2.55. The molecule has 0 aliphatic carbocycles. The summed E-state index contributed by atoms with van der Waals surface area (Å²) >= 11 is 0. The minimum atomic E-state index is 0.434. The number of nitrogens with two attached hydrogens (primary N) is 1. The lowest BCUT2D eigenvalue weighted by atomic mass is 10.2. The van der Waals surface area contributed by atoms with E-state index < -0.39 is 0 Å². The molecule has 19 heavy (non-hydrogen) atoms. The minimum absolute atomic E-state index is 0.434. The first kappa shape index (κ1) is 12.9. The highest BCUT2D eigenvalue weighted by atomic mass is 16.5. The summed E-state index contributed by atoms with van der Waals surface area (Å²) in [6.45, 7) is 0. The molecule has 96 valence electrons. The van der Waals surface area contributed by atoms with Crippen LogP contribution in [0.1, 0.15) is 12.0 Å². The number of carbonyl (C=O) groups is 1. The standard InChI is InChI=1S/C16H15NO2/c17-14-6-10-16(11-7-14)19-15-8-4-13(5-9-15)3-1-2-12-18/h1,3-12H,2,17H2. The SMILES string of the molecule is Nc1ccc(Oc2ccc(C=CCC=O)cc2)cc1. The van der Waals surface area contributed by atoms with Crippen LogP contribution in [0.5, 0.6) is 11.5 Å². The molecule has 0 bridgehead atoms. The van der Waals surface area contributed by atoms with E-state index in [1.54, 1.807) is 12.1 Å². The maximum Gasteiger partial charge on any atom is 0.127 e. The smallest absolute Gasteiger partial charge is 0.127 e.